The molecule has 10 heteroatoms. The first-order chi connectivity index (χ1) is 15.0. The Balaban J connectivity index is 1.43. The van der Waals surface area contributed by atoms with Crippen molar-refractivity contribution in [2.45, 2.75) is 18.5 Å². The van der Waals surface area contributed by atoms with Crippen LogP contribution in [-0.2, 0) is 11.2 Å². The third-order valence-electron chi connectivity index (χ3n) is 4.63. The summed E-state index contributed by atoms with van der Waals surface area (Å²) in [5.74, 6) is 6.61. The van der Waals surface area contributed by atoms with Crippen LogP contribution in [0.1, 0.15) is 12.5 Å². The number of H-pyrrole nitrogens is 1. The molecule has 0 fully saturated rings. The molecule has 0 saturated heterocycles. The summed E-state index contributed by atoms with van der Waals surface area (Å²) in [6.07, 6.45) is 0.840. The maximum Gasteiger partial charge on any atom is 0.234 e. The first kappa shape index (κ1) is 21.0. The molecule has 0 aliphatic rings. The van der Waals surface area contributed by atoms with Crippen molar-refractivity contribution in [1.82, 2.24) is 25.1 Å². The second-order valence-corrected chi connectivity index (χ2v) is 8.08. The van der Waals surface area contributed by atoms with Crippen LogP contribution in [-0.4, -0.2) is 36.7 Å². The van der Waals surface area contributed by atoms with Crippen LogP contribution >= 0.6 is 23.4 Å². The highest BCUT2D eigenvalue weighted by Gasteiger charge is 2.16. The highest BCUT2D eigenvalue weighted by atomic mass is 35.5. The largest absolute Gasteiger partial charge is 0.335 e. The SMILES string of the molecule is CCc1ccccc1NC(=O)CSc1nnc(-c2cc(-c3ccc(Cl)cc3)n[nH]2)n1N. The van der Waals surface area contributed by atoms with Crippen molar-refractivity contribution in [3.8, 4) is 22.8 Å². The highest BCUT2D eigenvalue weighted by Crippen LogP contribution is 2.25. The predicted octanol–water partition coefficient (Wildman–Crippen LogP) is 4.00. The lowest BCUT2D eigenvalue weighted by Crippen LogP contribution is -2.17. The maximum absolute atomic E-state index is 12.4. The van der Waals surface area contributed by atoms with E-state index in [-0.39, 0.29) is 11.7 Å². The van der Waals surface area contributed by atoms with Crippen molar-refractivity contribution < 1.29 is 4.79 Å². The van der Waals surface area contributed by atoms with Crippen LogP contribution in [0.15, 0.2) is 59.8 Å². The lowest BCUT2D eigenvalue weighted by atomic mass is 10.1. The number of nitrogens with two attached hydrogens (primary N) is 1. The summed E-state index contributed by atoms with van der Waals surface area (Å²) in [5, 5.41) is 19.5. The molecular formula is C21H20ClN7OS. The molecule has 2 aromatic carbocycles. The lowest BCUT2D eigenvalue weighted by Gasteiger charge is -2.09. The summed E-state index contributed by atoms with van der Waals surface area (Å²) in [6.45, 7) is 2.05. The number of amides is 1. The lowest BCUT2D eigenvalue weighted by molar-refractivity contribution is -0.113. The van der Waals surface area contributed by atoms with Gasteiger partial charge < -0.3 is 11.2 Å². The number of nitrogens with zero attached hydrogens (tertiary/aromatic N) is 4. The smallest absolute Gasteiger partial charge is 0.234 e. The van der Waals surface area contributed by atoms with E-state index in [2.05, 4.69) is 25.7 Å². The molecule has 0 saturated carbocycles. The number of aromatic amines is 1. The fraction of sp³-hybridized carbons (Fsp3) is 0.143. The molecule has 0 atom stereocenters. The average Bonchev–Trinajstić information content (AvgIpc) is 3.40. The minimum absolute atomic E-state index is 0.137. The second-order valence-electron chi connectivity index (χ2n) is 6.70. The molecule has 158 valence electrons. The maximum atomic E-state index is 12.4. The van der Waals surface area contributed by atoms with Crippen LogP contribution in [0.4, 0.5) is 5.69 Å². The molecule has 0 aliphatic heterocycles. The number of hydrogen-bond donors (Lipinski definition) is 3. The van der Waals surface area contributed by atoms with Gasteiger partial charge >= 0.3 is 0 Å². The monoisotopic (exact) mass is 453 g/mol. The van der Waals surface area contributed by atoms with Gasteiger partial charge in [0.1, 0.15) is 5.69 Å². The number of halogens is 1. The van der Waals surface area contributed by atoms with Gasteiger partial charge in [-0.15, -0.1) is 10.2 Å². The summed E-state index contributed by atoms with van der Waals surface area (Å²) in [5.41, 5.74) is 4.16. The third kappa shape index (κ3) is 4.73. The molecule has 4 rings (SSSR count). The molecule has 2 aromatic heterocycles. The summed E-state index contributed by atoms with van der Waals surface area (Å²) >= 11 is 7.15. The topological polar surface area (TPSA) is 115 Å². The van der Waals surface area contributed by atoms with E-state index in [0.717, 1.165) is 28.9 Å². The quantitative estimate of drug-likeness (QED) is 0.288. The Morgan fingerprint density at radius 2 is 1.97 bits per heavy atom. The number of carbonyl (C=O) groups excluding carboxylic acids is 1. The van der Waals surface area contributed by atoms with Crippen LogP contribution in [0.3, 0.4) is 0 Å². The predicted molar refractivity (Wildman–Crippen MR) is 123 cm³/mol. The summed E-state index contributed by atoms with van der Waals surface area (Å²) in [6, 6.07) is 16.9. The molecule has 0 spiro atoms. The van der Waals surface area contributed by atoms with E-state index in [1.165, 1.54) is 16.4 Å². The van der Waals surface area contributed by atoms with Gasteiger partial charge in [-0.25, -0.2) is 4.68 Å². The number of aromatic nitrogens is 5. The summed E-state index contributed by atoms with van der Waals surface area (Å²) < 4.78 is 1.34. The fourth-order valence-corrected chi connectivity index (χ4v) is 3.81. The van der Waals surface area contributed by atoms with Gasteiger partial charge in [0.05, 0.1) is 11.4 Å². The fourth-order valence-electron chi connectivity index (χ4n) is 3.03. The number of para-hydroxylation sites is 1. The van der Waals surface area contributed by atoms with Gasteiger partial charge in [0.2, 0.25) is 16.9 Å². The van der Waals surface area contributed by atoms with Crippen molar-refractivity contribution in [2.24, 2.45) is 0 Å². The Morgan fingerprint density at radius 3 is 2.74 bits per heavy atom. The van der Waals surface area contributed by atoms with Crippen molar-refractivity contribution >= 4 is 35.0 Å². The molecule has 0 radical (unpaired) electrons. The number of thioether (sulfide) groups is 1. The van der Waals surface area contributed by atoms with Crippen LogP contribution in [0.5, 0.6) is 0 Å². The first-order valence-corrected chi connectivity index (χ1v) is 10.9. The number of nitrogens with one attached hydrogen (secondary N) is 2. The molecule has 8 nitrogen and oxygen atoms in total. The van der Waals surface area contributed by atoms with Gasteiger partial charge in [0.25, 0.3) is 0 Å². The summed E-state index contributed by atoms with van der Waals surface area (Å²) in [7, 11) is 0. The van der Waals surface area contributed by atoms with Crippen LogP contribution in [0.2, 0.25) is 5.02 Å². The molecule has 4 aromatic rings. The zero-order chi connectivity index (χ0) is 21.8. The van der Waals surface area contributed by atoms with Gasteiger partial charge in [-0.1, -0.05) is 60.6 Å². The van der Waals surface area contributed by atoms with Crippen molar-refractivity contribution in [1.29, 1.82) is 0 Å². The minimum Gasteiger partial charge on any atom is -0.335 e. The Bertz CT molecular complexity index is 1200. The number of nitrogen functional groups attached to an aromatic ring is 1. The normalized spacial score (nSPS) is 10.9. The number of anilines is 1. The minimum atomic E-state index is -0.137. The Labute approximate surface area is 188 Å². The zero-order valence-corrected chi connectivity index (χ0v) is 18.2. The van der Waals surface area contributed by atoms with Gasteiger partial charge in [-0.2, -0.15) is 5.10 Å². The van der Waals surface area contributed by atoms with Crippen molar-refractivity contribution in [3.05, 3.63) is 65.2 Å². The number of hydrogen-bond acceptors (Lipinski definition) is 6. The Morgan fingerprint density at radius 1 is 1.19 bits per heavy atom. The number of benzene rings is 2. The second kappa shape index (κ2) is 9.23. The van der Waals surface area contributed by atoms with E-state index in [9.17, 15) is 4.79 Å². The molecule has 0 aliphatic carbocycles. The number of aryl methyl sites for hydroxylation is 1. The van der Waals surface area contributed by atoms with Crippen molar-refractivity contribution in [3.63, 3.8) is 0 Å². The molecule has 31 heavy (non-hydrogen) atoms. The standard InChI is InChI=1S/C21H20ClN7OS/c1-2-13-5-3-4-6-16(13)24-19(30)12-31-21-28-27-20(29(21)23)18-11-17(25-26-18)14-7-9-15(22)10-8-14/h3-11H,2,12,23H2,1H3,(H,24,30)(H,25,26). The van der Waals surface area contributed by atoms with Crippen molar-refractivity contribution in [2.75, 3.05) is 16.9 Å². The van der Waals surface area contributed by atoms with Crippen LogP contribution in [0.25, 0.3) is 22.8 Å². The van der Waals surface area contributed by atoms with E-state index in [4.69, 9.17) is 17.4 Å². The molecule has 0 bridgehead atoms. The number of rotatable bonds is 7. The Kier molecular flexibility index (Phi) is 6.24. The van der Waals surface area contributed by atoms with Crippen LogP contribution < -0.4 is 11.2 Å². The van der Waals surface area contributed by atoms with E-state index in [1.807, 2.05) is 49.4 Å². The Hall–Kier alpha value is -3.30. The molecule has 2 heterocycles. The van der Waals surface area contributed by atoms with Gasteiger partial charge in [-0.05, 0) is 36.2 Å². The molecule has 1 amide bonds. The first-order valence-electron chi connectivity index (χ1n) is 9.58. The van der Waals surface area contributed by atoms with Gasteiger partial charge in [0.15, 0.2) is 0 Å². The van der Waals surface area contributed by atoms with Gasteiger partial charge in [0, 0.05) is 16.3 Å². The number of carbonyl (C=O) groups is 1. The van der Waals surface area contributed by atoms with Gasteiger partial charge in [-0.3, -0.25) is 9.89 Å². The average molecular weight is 454 g/mol. The van der Waals surface area contributed by atoms with E-state index < -0.39 is 0 Å². The zero-order valence-electron chi connectivity index (χ0n) is 16.7. The van der Waals surface area contributed by atoms with E-state index in [1.54, 1.807) is 12.1 Å². The van der Waals surface area contributed by atoms with Crippen LogP contribution in [0, 0.1) is 0 Å². The van der Waals surface area contributed by atoms with E-state index >= 15 is 0 Å². The third-order valence-corrected chi connectivity index (χ3v) is 5.82. The highest BCUT2D eigenvalue weighted by molar-refractivity contribution is 7.99. The van der Waals surface area contributed by atoms with E-state index in [0.29, 0.717) is 21.7 Å². The summed E-state index contributed by atoms with van der Waals surface area (Å²) in [4.78, 5) is 12.4. The molecule has 4 N–H and O–H groups in total. The molecule has 0 unspecified atom stereocenters. The molecular weight excluding hydrogens is 434 g/mol.